The lowest BCUT2D eigenvalue weighted by atomic mass is 9.76. The lowest BCUT2D eigenvalue weighted by molar-refractivity contribution is -0.129. The predicted molar refractivity (Wildman–Crippen MR) is 108 cm³/mol. The van der Waals surface area contributed by atoms with E-state index < -0.39 is 37.0 Å². The van der Waals surface area contributed by atoms with Crippen LogP contribution in [-0.2, 0) is 16.0 Å². The number of benzene rings is 1. The van der Waals surface area contributed by atoms with E-state index >= 15 is 0 Å². The van der Waals surface area contributed by atoms with Crippen LogP contribution in [-0.4, -0.2) is 59.5 Å². The van der Waals surface area contributed by atoms with Crippen LogP contribution in [0.3, 0.4) is 0 Å². The van der Waals surface area contributed by atoms with Crippen LogP contribution in [0.1, 0.15) is 25.3 Å². The van der Waals surface area contributed by atoms with Crippen molar-refractivity contribution in [2.24, 2.45) is 22.2 Å². The molecule has 0 spiro atoms. The van der Waals surface area contributed by atoms with Gasteiger partial charge in [0, 0.05) is 13.0 Å². The topological polar surface area (TPSA) is 189 Å². The molecule has 0 aliphatic rings. The molecule has 0 aromatic heterocycles. The highest BCUT2D eigenvalue weighted by molar-refractivity contribution is 6.43. The van der Waals surface area contributed by atoms with Crippen molar-refractivity contribution in [3.8, 4) is 0 Å². The van der Waals surface area contributed by atoms with Gasteiger partial charge in [-0.3, -0.25) is 14.6 Å². The van der Waals surface area contributed by atoms with Gasteiger partial charge in [0.05, 0.1) is 12.0 Å². The zero-order valence-corrected chi connectivity index (χ0v) is 15.9. The monoisotopic (exact) mass is 392 g/mol. The fourth-order valence-corrected chi connectivity index (χ4v) is 2.46. The van der Waals surface area contributed by atoms with Gasteiger partial charge < -0.3 is 37.9 Å². The van der Waals surface area contributed by atoms with Crippen LogP contribution in [0.25, 0.3) is 0 Å². The van der Waals surface area contributed by atoms with Crippen molar-refractivity contribution in [2.45, 2.75) is 44.2 Å². The van der Waals surface area contributed by atoms with Crippen LogP contribution in [0.5, 0.6) is 0 Å². The van der Waals surface area contributed by atoms with Crippen molar-refractivity contribution < 1.29 is 19.6 Å². The lowest BCUT2D eigenvalue weighted by Gasteiger charge is -2.24. The molecule has 0 saturated heterocycles. The van der Waals surface area contributed by atoms with E-state index in [1.165, 1.54) is 6.92 Å². The number of nitrogens with two attached hydrogens (primary N) is 3. The highest BCUT2D eigenvalue weighted by Gasteiger charge is 2.29. The van der Waals surface area contributed by atoms with Gasteiger partial charge in [-0.25, -0.2) is 0 Å². The number of hydrogen-bond acceptors (Lipinski definition) is 6. The molecule has 11 heteroatoms. The minimum Gasteiger partial charge on any atom is -0.426 e. The van der Waals surface area contributed by atoms with Crippen LogP contribution in [0, 0.1) is 0 Å². The van der Waals surface area contributed by atoms with Crippen LogP contribution in [0.2, 0.25) is 0 Å². The van der Waals surface area contributed by atoms with Crippen molar-refractivity contribution in [2.75, 3.05) is 6.54 Å². The average molecular weight is 392 g/mol. The number of hydrogen-bond donors (Lipinski definition) is 7. The van der Waals surface area contributed by atoms with Gasteiger partial charge in [-0.2, -0.15) is 0 Å². The molecular formula is C17H29BN6O4. The summed E-state index contributed by atoms with van der Waals surface area (Å²) in [6, 6.07) is 7.43. The number of aliphatic imine (C=N–C) groups is 1. The van der Waals surface area contributed by atoms with Crippen LogP contribution >= 0.6 is 0 Å². The summed E-state index contributed by atoms with van der Waals surface area (Å²) in [7, 11) is -1.77. The molecule has 2 amide bonds. The molecule has 154 valence electrons. The number of guanidine groups is 1. The van der Waals surface area contributed by atoms with Crippen LogP contribution in [0.15, 0.2) is 35.3 Å². The second-order valence-electron chi connectivity index (χ2n) is 6.52. The maximum absolute atomic E-state index is 12.7. The Labute approximate surface area is 164 Å². The third kappa shape index (κ3) is 8.84. The molecule has 28 heavy (non-hydrogen) atoms. The van der Waals surface area contributed by atoms with E-state index in [0.717, 1.165) is 5.56 Å². The summed E-state index contributed by atoms with van der Waals surface area (Å²) < 4.78 is 0. The Kier molecular flexibility index (Phi) is 10.00. The second kappa shape index (κ2) is 12.0. The molecule has 0 aliphatic carbocycles. The number of carbonyl (C=O) groups excluding carboxylic acids is 2. The minimum atomic E-state index is -1.77. The molecule has 1 rings (SSSR count). The molecule has 1 aromatic carbocycles. The zero-order chi connectivity index (χ0) is 21.1. The van der Waals surface area contributed by atoms with E-state index in [-0.39, 0.29) is 25.3 Å². The van der Waals surface area contributed by atoms with Crippen molar-refractivity contribution >= 4 is 24.9 Å². The Balaban J connectivity index is 2.80. The molecule has 0 heterocycles. The average Bonchev–Trinajstić information content (AvgIpc) is 2.63. The molecule has 0 fully saturated rings. The smallest absolute Gasteiger partial charge is 0.426 e. The summed E-state index contributed by atoms with van der Waals surface area (Å²) in [5, 5.41) is 24.3. The third-order valence-electron chi connectivity index (χ3n) is 3.98. The molecule has 0 aliphatic heterocycles. The Bertz CT molecular complexity index is 652. The molecule has 0 saturated carbocycles. The number of rotatable bonds is 11. The number of amides is 2. The first kappa shape index (κ1) is 23.4. The molecule has 0 bridgehead atoms. The fourth-order valence-electron chi connectivity index (χ4n) is 2.46. The lowest BCUT2D eigenvalue weighted by Crippen LogP contribution is -2.56. The van der Waals surface area contributed by atoms with E-state index in [9.17, 15) is 19.6 Å². The van der Waals surface area contributed by atoms with Crippen molar-refractivity contribution in [3.63, 3.8) is 0 Å². The van der Waals surface area contributed by atoms with Gasteiger partial charge in [-0.05, 0) is 25.3 Å². The van der Waals surface area contributed by atoms with Crippen molar-refractivity contribution in [1.29, 1.82) is 0 Å². The molecule has 10 nitrogen and oxygen atoms in total. The Morgan fingerprint density at radius 1 is 1.14 bits per heavy atom. The number of nitrogens with one attached hydrogen (secondary N) is 2. The fraction of sp³-hybridized carbons (Fsp3) is 0.471. The van der Waals surface area contributed by atoms with Crippen molar-refractivity contribution in [1.82, 2.24) is 10.6 Å². The largest absolute Gasteiger partial charge is 0.475 e. The molecule has 0 unspecified atom stereocenters. The maximum Gasteiger partial charge on any atom is 0.475 e. The predicted octanol–water partition coefficient (Wildman–Crippen LogP) is -2.39. The van der Waals surface area contributed by atoms with E-state index in [4.69, 9.17) is 17.2 Å². The molecule has 10 N–H and O–H groups in total. The first-order valence-corrected chi connectivity index (χ1v) is 9.02. The third-order valence-corrected chi connectivity index (χ3v) is 3.98. The van der Waals surface area contributed by atoms with Gasteiger partial charge in [0.2, 0.25) is 11.8 Å². The van der Waals surface area contributed by atoms with E-state index in [1.54, 1.807) is 0 Å². The summed E-state index contributed by atoms with van der Waals surface area (Å²) in [5.74, 6) is -2.03. The summed E-state index contributed by atoms with van der Waals surface area (Å²) in [6.07, 6.45) is 0.892. The van der Waals surface area contributed by atoms with Gasteiger partial charge >= 0.3 is 7.12 Å². The number of nitrogens with zero attached hydrogens (tertiary/aromatic N) is 1. The molecule has 3 atom stereocenters. The first-order valence-electron chi connectivity index (χ1n) is 9.02. The van der Waals surface area contributed by atoms with Crippen LogP contribution in [0.4, 0.5) is 0 Å². The molecule has 1 aromatic rings. The Morgan fingerprint density at radius 3 is 2.32 bits per heavy atom. The maximum atomic E-state index is 12.7. The van der Waals surface area contributed by atoms with Gasteiger partial charge in [0.1, 0.15) is 6.04 Å². The van der Waals surface area contributed by atoms with Gasteiger partial charge in [-0.15, -0.1) is 0 Å². The summed E-state index contributed by atoms with van der Waals surface area (Å²) in [5.41, 5.74) is 16.9. The SMILES string of the molecule is C[C@H](N)C(=O)N[C@@H](Cc1ccccc1)C(=O)N[C@@H](CCCN=C(N)N)B(O)O. The quantitative estimate of drug-likeness (QED) is 0.0946. The van der Waals surface area contributed by atoms with Gasteiger partial charge in [-0.1, -0.05) is 30.3 Å². The standard InChI is InChI=1S/C17H29BN6O4/c1-11(19)15(25)23-13(10-12-6-3-2-4-7-12)16(26)24-14(18(27)28)8-5-9-22-17(20)21/h2-4,6-7,11,13-14,27-28H,5,8-10,19H2,1H3,(H,23,25)(H,24,26)(H4,20,21,22)/t11-,13-,14-/m0/s1. The summed E-state index contributed by atoms with van der Waals surface area (Å²) in [6.45, 7) is 1.80. The molecular weight excluding hydrogens is 363 g/mol. The van der Waals surface area contributed by atoms with Crippen molar-refractivity contribution in [3.05, 3.63) is 35.9 Å². The molecule has 0 radical (unpaired) electrons. The van der Waals surface area contributed by atoms with Gasteiger partial charge in [0.15, 0.2) is 5.96 Å². The van der Waals surface area contributed by atoms with Crippen LogP contribution < -0.4 is 27.8 Å². The first-order chi connectivity index (χ1) is 13.2. The summed E-state index contributed by atoms with van der Waals surface area (Å²) in [4.78, 5) is 28.5. The highest BCUT2D eigenvalue weighted by Crippen LogP contribution is 2.06. The highest BCUT2D eigenvalue weighted by atomic mass is 16.4. The van der Waals surface area contributed by atoms with Gasteiger partial charge in [0.25, 0.3) is 0 Å². The normalized spacial score (nSPS) is 13.7. The van der Waals surface area contributed by atoms with E-state index in [2.05, 4.69) is 15.6 Å². The minimum absolute atomic E-state index is 0.0633. The number of carbonyl (C=O) groups is 2. The zero-order valence-electron chi connectivity index (χ0n) is 15.9. The summed E-state index contributed by atoms with van der Waals surface area (Å²) >= 11 is 0. The Morgan fingerprint density at radius 2 is 1.79 bits per heavy atom. The van der Waals surface area contributed by atoms with E-state index in [1.807, 2.05) is 30.3 Å². The Hall–Kier alpha value is -2.63. The second-order valence-corrected chi connectivity index (χ2v) is 6.52. The van der Waals surface area contributed by atoms with E-state index in [0.29, 0.717) is 6.42 Å².